The van der Waals surface area contributed by atoms with Crippen molar-refractivity contribution in [2.45, 2.75) is 19.4 Å². The molecule has 0 fully saturated rings. The van der Waals surface area contributed by atoms with Crippen LogP contribution in [-0.2, 0) is 13.3 Å². The van der Waals surface area contributed by atoms with Crippen LogP contribution in [0.2, 0.25) is 6.04 Å². The van der Waals surface area contributed by atoms with Gasteiger partial charge in [0.15, 0.2) is 11.8 Å². The zero-order chi connectivity index (χ0) is 12.5. The number of nitrogens with zero attached hydrogens (tertiary/aromatic N) is 1. The molecule has 6 heteroatoms. The molecule has 0 aromatic carbocycles. The molecule has 4 nitrogen and oxygen atoms in total. The van der Waals surface area contributed by atoms with Crippen molar-refractivity contribution in [3.8, 4) is 0 Å². The normalized spacial score (nSPS) is 12.0. The van der Waals surface area contributed by atoms with Gasteiger partial charge in [-0.2, -0.15) is 0 Å². The van der Waals surface area contributed by atoms with E-state index in [1.165, 1.54) is 0 Å². The Bertz CT molecular complexity index is 135. The fourth-order valence-corrected chi connectivity index (χ4v) is 2.59. The number of hydrogen-bond donors (Lipinski definition) is 0. The second-order valence-electron chi connectivity index (χ2n) is 3.89. The van der Waals surface area contributed by atoms with Crippen LogP contribution in [-0.4, -0.2) is 55.3 Å². The van der Waals surface area contributed by atoms with E-state index in [9.17, 15) is 0 Å². The summed E-state index contributed by atoms with van der Waals surface area (Å²) in [5.41, 5.74) is 0. The first-order valence-electron chi connectivity index (χ1n) is 4.91. The molecule has 0 amide bonds. The van der Waals surface area contributed by atoms with Gasteiger partial charge in [0.1, 0.15) is 0 Å². The van der Waals surface area contributed by atoms with Crippen molar-refractivity contribution < 1.29 is 17.3 Å². The molecular weight excluding hydrogens is 234 g/mol. The Morgan fingerprint density at radius 3 is 1.33 bits per heavy atom. The molecule has 0 aliphatic heterocycles. The third-order valence-electron chi connectivity index (χ3n) is 1.49. The van der Waals surface area contributed by atoms with Gasteiger partial charge in [-0.25, -0.2) is 4.00 Å². The van der Waals surface area contributed by atoms with Crippen LogP contribution in [0.25, 0.3) is 0 Å². The lowest BCUT2D eigenvalue weighted by Crippen LogP contribution is -2.42. The molecular formula is C9H25ClNO3Si+. The van der Waals surface area contributed by atoms with Gasteiger partial charge in [-0.3, -0.25) is 0 Å². The summed E-state index contributed by atoms with van der Waals surface area (Å²) in [5.74, 6) is 0. The molecule has 0 spiro atoms. The van der Waals surface area contributed by atoms with E-state index >= 15 is 0 Å². The lowest BCUT2D eigenvalue weighted by molar-refractivity contribution is -0.747. The molecule has 0 rings (SSSR count). The minimum Gasteiger partial charge on any atom is -0.377 e. The molecule has 0 unspecified atom stereocenters. The van der Waals surface area contributed by atoms with Gasteiger partial charge in [-0.1, -0.05) is 13.3 Å². The van der Waals surface area contributed by atoms with Crippen molar-refractivity contribution in [3.05, 3.63) is 0 Å². The SMILES string of the molecule is CCC[Si](OC)(OC)OC.C[N+](C)(C)Cl. The van der Waals surface area contributed by atoms with Gasteiger partial charge in [0.05, 0.1) is 21.1 Å². The molecule has 0 bridgehead atoms. The minimum absolute atomic E-state index is 0.472. The van der Waals surface area contributed by atoms with Gasteiger partial charge >= 0.3 is 8.80 Å². The first-order chi connectivity index (χ1) is 6.74. The maximum Gasteiger partial charge on any atom is 0.500 e. The molecule has 0 aromatic heterocycles. The van der Waals surface area contributed by atoms with Crippen molar-refractivity contribution in [1.29, 1.82) is 0 Å². The Balaban J connectivity index is 0. The summed E-state index contributed by atoms with van der Waals surface area (Å²) < 4.78 is 16.0. The van der Waals surface area contributed by atoms with Gasteiger partial charge in [0.25, 0.3) is 0 Å². The van der Waals surface area contributed by atoms with E-state index in [4.69, 9.17) is 25.1 Å². The van der Waals surface area contributed by atoms with E-state index < -0.39 is 8.80 Å². The van der Waals surface area contributed by atoms with Crippen LogP contribution < -0.4 is 0 Å². The van der Waals surface area contributed by atoms with E-state index in [0.29, 0.717) is 4.00 Å². The first-order valence-corrected chi connectivity index (χ1v) is 7.18. The first kappa shape index (κ1) is 17.7. The summed E-state index contributed by atoms with van der Waals surface area (Å²) in [6, 6.07) is 0.885. The Morgan fingerprint density at radius 2 is 1.27 bits per heavy atom. The number of halogens is 1. The lowest BCUT2D eigenvalue weighted by atomic mass is 10.6. The van der Waals surface area contributed by atoms with Gasteiger partial charge < -0.3 is 13.3 Å². The largest absolute Gasteiger partial charge is 0.500 e. The summed E-state index contributed by atoms with van der Waals surface area (Å²) >= 11 is 5.47. The van der Waals surface area contributed by atoms with Gasteiger partial charge in [0.2, 0.25) is 0 Å². The molecule has 0 saturated heterocycles. The molecule has 0 aliphatic rings. The van der Waals surface area contributed by atoms with Gasteiger partial charge in [-0.15, -0.1) is 0 Å². The monoisotopic (exact) mass is 258 g/mol. The fourth-order valence-electron chi connectivity index (χ4n) is 0.862. The third kappa shape index (κ3) is 12.3. The maximum absolute atomic E-state index is 5.47. The smallest absolute Gasteiger partial charge is 0.377 e. The standard InChI is InChI=1S/C6H16O3Si.C3H9ClN/c1-5-6-10(7-2,8-3)9-4;1-5(2,3)4/h5-6H2,1-4H3;1-3H3/q;+1. The third-order valence-corrected chi connectivity index (χ3v) is 4.47. The molecule has 0 heterocycles. The van der Waals surface area contributed by atoms with E-state index in [2.05, 4.69) is 6.92 Å². The highest BCUT2D eigenvalue weighted by molar-refractivity contribution is 6.60. The minimum atomic E-state index is -2.22. The Hall–Kier alpha value is 0.347. The van der Waals surface area contributed by atoms with E-state index in [0.717, 1.165) is 12.5 Å². The number of quaternary nitrogens is 1. The second-order valence-corrected chi connectivity index (χ2v) is 8.00. The predicted molar refractivity (Wildman–Crippen MR) is 65.8 cm³/mol. The van der Waals surface area contributed by atoms with E-state index in [1.807, 2.05) is 21.1 Å². The molecule has 94 valence electrons. The number of rotatable bonds is 5. The van der Waals surface area contributed by atoms with Crippen molar-refractivity contribution in [3.63, 3.8) is 0 Å². The summed E-state index contributed by atoms with van der Waals surface area (Å²) in [6.07, 6.45) is 1.03. The zero-order valence-electron chi connectivity index (χ0n) is 11.0. The molecule has 0 radical (unpaired) electrons. The fraction of sp³-hybridized carbons (Fsp3) is 1.00. The van der Waals surface area contributed by atoms with Crippen LogP contribution in [0, 0.1) is 0 Å². The zero-order valence-corrected chi connectivity index (χ0v) is 12.7. The Morgan fingerprint density at radius 1 is 1.00 bits per heavy atom. The average Bonchev–Trinajstić information content (AvgIpc) is 2.12. The van der Waals surface area contributed by atoms with Gasteiger partial charge in [0, 0.05) is 27.4 Å². The summed E-state index contributed by atoms with van der Waals surface area (Å²) in [4.78, 5) is 0. The van der Waals surface area contributed by atoms with Crippen LogP contribution in [0.4, 0.5) is 0 Å². The Kier molecular flexibility index (Phi) is 10.0. The van der Waals surface area contributed by atoms with Crippen molar-refractivity contribution in [2.75, 3.05) is 42.5 Å². The van der Waals surface area contributed by atoms with E-state index in [1.54, 1.807) is 21.3 Å². The molecule has 15 heavy (non-hydrogen) atoms. The summed E-state index contributed by atoms with van der Waals surface area (Å²) in [5, 5.41) is 0. The highest BCUT2D eigenvalue weighted by Crippen LogP contribution is 2.13. The Labute approximate surface area is 100 Å². The van der Waals surface area contributed by atoms with Crippen molar-refractivity contribution >= 4 is 20.6 Å². The molecule has 0 N–H and O–H groups in total. The molecule has 0 atom stereocenters. The highest BCUT2D eigenvalue weighted by atomic mass is 35.5. The highest BCUT2D eigenvalue weighted by Gasteiger charge is 2.36. The van der Waals surface area contributed by atoms with E-state index in [-0.39, 0.29) is 0 Å². The summed E-state index contributed by atoms with van der Waals surface area (Å²) in [6.45, 7) is 2.08. The van der Waals surface area contributed by atoms with Crippen LogP contribution in [0.3, 0.4) is 0 Å². The topological polar surface area (TPSA) is 27.7 Å². The second kappa shape index (κ2) is 8.49. The quantitative estimate of drug-likeness (QED) is 0.559. The van der Waals surface area contributed by atoms with Gasteiger partial charge in [-0.05, 0) is 0 Å². The molecule has 0 aromatic rings. The van der Waals surface area contributed by atoms with Crippen molar-refractivity contribution in [2.24, 2.45) is 0 Å². The van der Waals surface area contributed by atoms with Crippen LogP contribution in [0.1, 0.15) is 13.3 Å². The van der Waals surface area contributed by atoms with Crippen LogP contribution in [0.5, 0.6) is 0 Å². The predicted octanol–water partition coefficient (Wildman–Crippen LogP) is 2.12. The van der Waals surface area contributed by atoms with Crippen LogP contribution in [0.15, 0.2) is 0 Å². The molecule has 0 saturated carbocycles. The maximum atomic E-state index is 5.47. The van der Waals surface area contributed by atoms with Crippen LogP contribution >= 0.6 is 11.8 Å². The summed E-state index contributed by atoms with van der Waals surface area (Å²) in [7, 11) is 8.36. The van der Waals surface area contributed by atoms with Crippen molar-refractivity contribution in [1.82, 2.24) is 0 Å². The number of hydrogen-bond acceptors (Lipinski definition) is 3. The average molecular weight is 259 g/mol. The molecule has 0 aliphatic carbocycles. The lowest BCUT2D eigenvalue weighted by Gasteiger charge is -2.23.